The summed E-state index contributed by atoms with van der Waals surface area (Å²) in [4.78, 5) is 13.1. The maximum atomic E-state index is 11.3. The standard InChI is InChI=1S/C9H16N2O2/c1-2-3-10-4-9(13)11-5-8(6-11)7-12/h2,8,10,12H,1,3-7H2. The van der Waals surface area contributed by atoms with Gasteiger partial charge >= 0.3 is 0 Å². The molecule has 4 nitrogen and oxygen atoms in total. The Kier molecular flexibility index (Phi) is 3.92. The van der Waals surface area contributed by atoms with Gasteiger partial charge in [-0.3, -0.25) is 4.79 Å². The van der Waals surface area contributed by atoms with Gasteiger partial charge in [0.1, 0.15) is 0 Å². The second kappa shape index (κ2) is 4.99. The van der Waals surface area contributed by atoms with Gasteiger partial charge in [0, 0.05) is 32.2 Å². The van der Waals surface area contributed by atoms with Crippen molar-refractivity contribution < 1.29 is 9.90 Å². The first kappa shape index (κ1) is 10.2. The molecule has 1 fully saturated rings. The predicted octanol–water partition coefficient (Wildman–Crippen LogP) is -0.787. The lowest BCUT2D eigenvalue weighted by Crippen LogP contribution is -2.53. The van der Waals surface area contributed by atoms with Crippen LogP contribution in [0.25, 0.3) is 0 Å². The number of nitrogens with zero attached hydrogens (tertiary/aromatic N) is 1. The van der Waals surface area contributed by atoms with Crippen LogP contribution in [0.5, 0.6) is 0 Å². The van der Waals surface area contributed by atoms with Gasteiger partial charge in [-0.1, -0.05) is 6.08 Å². The Morgan fingerprint density at radius 2 is 2.38 bits per heavy atom. The van der Waals surface area contributed by atoms with Gasteiger partial charge in [0.15, 0.2) is 0 Å². The fourth-order valence-corrected chi connectivity index (χ4v) is 1.28. The molecule has 0 aromatic heterocycles. The van der Waals surface area contributed by atoms with Crippen molar-refractivity contribution in [2.24, 2.45) is 5.92 Å². The summed E-state index contributed by atoms with van der Waals surface area (Å²) in [6.07, 6.45) is 1.72. The number of carbonyl (C=O) groups excluding carboxylic acids is 1. The van der Waals surface area contributed by atoms with Crippen LogP contribution in [-0.2, 0) is 4.79 Å². The van der Waals surface area contributed by atoms with Crippen LogP contribution in [-0.4, -0.2) is 48.7 Å². The van der Waals surface area contributed by atoms with Gasteiger partial charge in [0.2, 0.25) is 5.91 Å². The Morgan fingerprint density at radius 1 is 1.69 bits per heavy atom. The van der Waals surface area contributed by atoms with Gasteiger partial charge in [-0.2, -0.15) is 0 Å². The molecule has 0 bridgehead atoms. The molecule has 0 aromatic rings. The zero-order valence-electron chi connectivity index (χ0n) is 7.70. The molecule has 1 saturated heterocycles. The van der Waals surface area contributed by atoms with E-state index in [4.69, 9.17) is 5.11 Å². The van der Waals surface area contributed by atoms with Crippen LogP contribution in [0, 0.1) is 5.92 Å². The van der Waals surface area contributed by atoms with Gasteiger partial charge in [-0.25, -0.2) is 0 Å². The summed E-state index contributed by atoms with van der Waals surface area (Å²) < 4.78 is 0. The molecule has 0 aliphatic carbocycles. The average Bonchev–Trinajstić information content (AvgIpc) is 2.03. The lowest BCUT2D eigenvalue weighted by Gasteiger charge is -2.38. The molecule has 13 heavy (non-hydrogen) atoms. The third-order valence-corrected chi connectivity index (χ3v) is 2.13. The number of carbonyl (C=O) groups is 1. The first-order chi connectivity index (χ1) is 6.27. The van der Waals surface area contributed by atoms with Crippen LogP contribution in [0.15, 0.2) is 12.7 Å². The zero-order chi connectivity index (χ0) is 9.68. The molecule has 1 heterocycles. The zero-order valence-corrected chi connectivity index (χ0v) is 7.70. The second-order valence-corrected chi connectivity index (χ2v) is 3.27. The molecular formula is C9H16N2O2. The lowest BCUT2D eigenvalue weighted by atomic mass is 10.0. The summed E-state index contributed by atoms with van der Waals surface area (Å²) in [5.74, 6) is 0.398. The molecular weight excluding hydrogens is 168 g/mol. The van der Waals surface area contributed by atoms with Gasteiger partial charge in [0.25, 0.3) is 0 Å². The van der Waals surface area contributed by atoms with E-state index >= 15 is 0 Å². The fraction of sp³-hybridized carbons (Fsp3) is 0.667. The van der Waals surface area contributed by atoms with Crippen LogP contribution < -0.4 is 5.32 Å². The van der Waals surface area contributed by atoms with E-state index in [2.05, 4.69) is 11.9 Å². The fourth-order valence-electron chi connectivity index (χ4n) is 1.28. The van der Waals surface area contributed by atoms with Gasteiger partial charge in [-0.15, -0.1) is 6.58 Å². The van der Waals surface area contributed by atoms with Crippen molar-refractivity contribution in [3.8, 4) is 0 Å². The smallest absolute Gasteiger partial charge is 0.236 e. The van der Waals surface area contributed by atoms with Gasteiger partial charge < -0.3 is 15.3 Å². The summed E-state index contributed by atoms with van der Waals surface area (Å²) in [5, 5.41) is 11.7. The molecule has 1 rings (SSSR count). The van der Waals surface area contributed by atoms with Gasteiger partial charge in [0.05, 0.1) is 6.54 Å². The van der Waals surface area contributed by atoms with Crippen molar-refractivity contribution in [3.63, 3.8) is 0 Å². The van der Waals surface area contributed by atoms with E-state index in [1.54, 1.807) is 11.0 Å². The Hall–Kier alpha value is -0.870. The molecule has 4 heteroatoms. The van der Waals surface area contributed by atoms with Crippen molar-refractivity contribution >= 4 is 5.91 Å². The van der Waals surface area contributed by atoms with E-state index in [-0.39, 0.29) is 12.5 Å². The van der Waals surface area contributed by atoms with Crippen molar-refractivity contribution in [2.75, 3.05) is 32.8 Å². The highest BCUT2D eigenvalue weighted by molar-refractivity contribution is 5.79. The lowest BCUT2D eigenvalue weighted by molar-refractivity contribution is -0.137. The average molecular weight is 184 g/mol. The Labute approximate surface area is 78.2 Å². The molecule has 0 radical (unpaired) electrons. The molecule has 1 aliphatic rings. The molecule has 2 N–H and O–H groups in total. The number of hydrogen-bond donors (Lipinski definition) is 2. The topological polar surface area (TPSA) is 52.6 Å². The molecule has 1 aliphatic heterocycles. The molecule has 1 amide bonds. The molecule has 74 valence electrons. The SMILES string of the molecule is C=CCNCC(=O)N1CC(CO)C1. The summed E-state index contributed by atoms with van der Waals surface area (Å²) in [6, 6.07) is 0. The Bertz CT molecular complexity index is 188. The number of aliphatic hydroxyl groups excluding tert-OH is 1. The Balaban J connectivity index is 2.08. The number of nitrogens with one attached hydrogen (secondary N) is 1. The van der Waals surface area contributed by atoms with Crippen molar-refractivity contribution in [2.45, 2.75) is 0 Å². The quantitative estimate of drug-likeness (QED) is 0.435. The van der Waals surface area contributed by atoms with E-state index in [0.29, 0.717) is 32.1 Å². The third-order valence-electron chi connectivity index (χ3n) is 2.13. The molecule has 0 aromatic carbocycles. The summed E-state index contributed by atoms with van der Waals surface area (Å²) >= 11 is 0. The van der Waals surface area contributed by atoms with Crippen LogP contribution in [0.4, 0.5) is 0 Å². The Morgan fingerprint density at radius 3 is 2.92 bits per heavy atom. The van der Waals surface area contributed by atoms with E-state index < -0.39 is 0 Å². The first-order valence-corrected chi connectivity index (χ1v) is 4.48. The van der Waals surface area contributed by atoms with Crippen LogP contribution in [0.2, 0.25) is 0 Å². The third kappa shape index (κ3) is 2.82. The summed E-state index contributed by atoms with van der Waals surface area (Å²) in [6.45, 7) is 6.15. The number of likely N-dealkylation sites (tertiary alicyclic amines) is 1. The maximum Gasteiger partial charge on any atom is 0.236 e. The number of hydrogen-bond acceptors (Lipinski definition) is 3. The summed E-state index contributed by atoms with van der Waals surface area (Å²) in [5.41, 5.74) is 0. The molecule has 0 unspecified atom stereocenters. The van der Waals surface area contributed by atoms with Crippen molar-refractivity contribution in [3.05, 3.63) is 12.7 Å². The normalized spacial score (nSPS) is 16.8. The minimum Gasteiger partial charge on any atom is -0.396 e. The molecule has 0 atom stereocenters. The number of amides is 1. The number of rotatable bonds is 5. The van der Waals surface area contributed by atoms with E-state index in [1.165, 1.54) is 0 Å². The van der Waals surface area contributed by atoms with Gasteiger partial charge in [-0.05, 0) is 0 Å². The van der Waals surface area contributed by atoms with Crippen molar-refractivity contribution in [1.29, 1.82) is 0 Å². The predicted molar refractivity (Wildman–Crippen MR) is 50.2 cm³/mol. The number of aliphatic hydroxyl groups is 1. The summed E-state index contributed by atoms with van der Waals surface area (Å²) in [7, 11) is 0. The monoisotopic (exact) mass is 184 g/mol. The first-order valence-electron chi connectivity index (χ1n) is 4.48. The van der Waals surface area contributed by atoms with E-state index in [0.717, 1.165) is 0 Å². The minimum atomic E-state index is 0.103. The largest absolute Gasteiger partial charge is 0.396 e. The van der Waals surface area contributed by atoms with Crippen LogP contribution in [0.1, 0.15) is 0 Å². The van der Waals surface area contributed by atoms with Crippen LogP contribution in [0.3, 0.4) is 0 Å². The second-order valence-electron chi connectivity index (χ2n) is 3.27. The van der Waals surface area contributed by atoms with Crippen molar-refractivity contribution in [1.82, 2.24) is 10.2 Å². The van der Waals surface area contributed by atoms with E-state index in [1.807, 2.05) is 0 Å². The minimum absolute atomic E-state index is 0.103. The highest BCUT2D eigenvalue weighted by Gasteiger charge is 2.29. The van der Waals surface area contributed by atoms with E-state index in [9.17, 15) is 4.79 Å². The highest BCUT2D eigenvalue weighted by atomic mass is 16.3. The highest BCUT2D eigenvalue weighted by Crippen LogP contribution is 2.13. The maximum absolute atomic E-state index is 11.3. The van der Waals surface area contributed by atoms with Crippen LogP contribution >= 0.6 is 0 Å². The molecule has 0 spiro atoms. The molecule has 0 saturated carbocycles.